The number of nitrogens with two attached hydrogens (primary N) is 1. The van der Waals surface area contributed by atoms with E-state index in [2.05, 4.69) is 16.0 Å². The molecule has 0 saturated carbocycles. The standard InChI is InChI=1S/C21H28N4O10/c1-10(18(31)24-14(21(34)35)6-7-16(27)28)23-20(33)15(9-17(29)30)25-19(32)13(22)8-11-2-4-12(26)5-3-11/h2-5,10,13-15,26H,6-9,22H2,1H3,(H,23,33)(H,24,31)(H,25,32)(H,27,28)(H,29,30)(H,34,35). The third-order valence-corrected chi connectivity index (χ3v) is 4.75. The first kappa shape index (κ1) is 28.8. The second-order valence-electron chi connectivity index (χ2n) is 7.70. The van der Waals surface area contributed by atoms with Crippen LogP contribution in [0, 0.1) is 0 Å². The van der Waals surface area contributed by atoms with Crippen LogP contribution in [0.1, 0.15) is 31.7 Å². The van der Waals surface area contributed by atoms with Crippen LogP contribution in [0.4, 0.5) is 0 Å². The molecule has 9 N–H and O–H groups in total. The molecule has 4 atom stereocenters. The number of hydrogen-bond acceptors (Lipinski definition) is 8. The topological polar surface area (TPSA) is 245 Å². The molecule has 0 saturated heterocycles. The van der Waals surface area contributed by atoms with Crippen molar-refractivity contribution >= 4 is 35.6 Å². The zero-order chi connectivity index (χ0) is 26.7. The Morgan fingerprint density at radius 1 is 0.829 bits per heavy atom. The Morgan fingerprint density at radius 2 is 1.40 bits per heavy atom. The van der Waals surface area contributed by atoms with E-state index in [0.717, 1.165) is 0 Å². The number of carboxylic acid groups (broad SMARTS) is 3. The van der Waals surface area contributed by atoms with Crippen LogP contribution in [0.3, 0.4) is 0 Å². The molecule has 0 aliphatic carbocycles. The lowest BCUT2D eigenvalue weighted by Crippen LogP contribution is -2.57. The fraction of sp³-hybridized carbons (Fsp3) is 0.429. The number of aliphatic carboxylic acids is 3. The summed E-state index contributed by atoms with van der Waals surface area (Å²) < 4.78 is 0. The smallest absolute Gasteiger partial charge is 0.326 e. The zero-order valence-corrected chi connectivity index (χ0v) is 18.8. The van der Waals surface area contributed by atoms with E-state index < -0.39 is 79.1 Å². The number of carboxylic acids is 3. The summed E-state index contributed by atoms with van der Waals surface area (Å²) in [5, 5.41) is 42.7. The van der Waals surface area contributed by atoms with Crippen LogP contribution in [0.15, 0.2) is 24.3 Å². The molecule has 14 nitrogen and oxygen atoms in total. The largest absolute Gasteiger partial charge is 0.508 e. The highest BCUT2D eigenvalue weighted by Crippen LogP contribution is 2.11. The first-order valence-electron chi connectivity index (χ1n) is 10.4. The average molecular weight is 496 g/mol. The molecule has 0 radical (unpaired) electrons. The minimum Gasteiger partial charge on any atom is -0.508 e. The van der Waals surface area contributed by atoms with Crippen molar-refractivity contribution in [1.29, 1.82) is 0 Å². The number of carbonyl (C=O) groups is 6. The fourth-order valence-corrected chi connectivity index (χ4v) is 2.84. The Morgan fingerprint density at radius 3 is 1.91 bits per heavy atom. The van der Waals surface area contributed by atoms with Gasteiger partial charge in [-0.25, -0.2) is 4.79 Å². The van der Waals surface area contributed by atoms with E-state index in [0.29, 0.717) is 5.56 Å². The molecule has 35 heavy (non-hydrogen) atoms. The first-order chi connectivity index (χ1) is 16.3. The molecule has 0 spiro atoms. The van der Waals surface area contributed by atoms with Gasteiger partial charge in [-0.2, -0.15) is 0 Å². The number of amides is 3. The maximum absolute atomic E-state index is 12.6. The molecule has 0 aliphatic rings. The number of aromatic hydroxyl groups is 1. The van der Waals surface area contributed by atoms with Gasteiger partial charge in [0, 0.05) is 6.42 Å². The Kier molecular flexibility index (Phi) is 11.1. The summed E-state index contributed by atoms with van der Waals surface area (Å²) in [5.74, 6) is -6.97. The molecule has 0 heterocycles. The maximum Gasteiger partial charge on any atom is 0.326 e. The van der Waals surface area contributed by atoms with Crippen LogP contribution in [0.5, 0.6) is 5.75 Å². The molecule has 0 aromatic heterocycles. The molecule has 0 fully saturated rings. The van der Waals surface area contributed by atoms with E-state index in [1.165, 1.54) is 31.2 Å². The van der Waals surface area contributed by atoms with Gasteiger partial charge in [0.05, 0.1) is 12.5 Å². The lowest BCUT2D eigenvalue weighted by molar-refractivity contribution is -0.144. The Bertz CT molecular complexity index is 950. The van der Waals surface area contributed by atoms with Gasteiger partial charge in [0.15, 0.2) is 0 Å². The third kappa shape index (κ3) is 10.5. The van der Waals surface area contributed by atoms with Crippen molar-refractivity contribution in [1.82, 2.24) is 16.0 Å². The van der Waals surface area contributed by atoms with Gasteiger partial charge in [0.1, 0.15) is 23.9 Å². The predicted molar refractivity (Wildman–Crippen MR) is 118 cm³/mol. The monoisotopic (exact) mass is 496 g/mol. The van der Waals surface area contributed by atoms with Crippen molar-refractivity contribution in [2.45, 2.75) is 56.8 Å². The molecule has 0 bridgehead atoms. The van der Waals surface area contributed by atoms with E-state index in [1.807, 2.05) is 0 Å². The van der Waals surface area contributed by atoms with Crippen LogP contribution in [0.25, 0.3) is 0 Å². The van der Waals surface area contributed by atoms with Crippen LogP contribution in [0.2, 0.25) is 0 Å². The van der Waals surface area contributed by atoms with E-state index >= 15 is 0 Å². The average Bonchev–Trinajstić information content (AvgIpc) is 2.76. The van der Waals surface area contributed by atoms with Crippen molar-refractivity contribution in [3.8, 4) is 5.75 Å². The summed E-state index contributed by atoms with van der Waals surface area (Å²) in [6.07, 6.45) is -1.71. The number of hydrogen-bond donors (Lipinski definition) is 8. The van der Waals surface area contributed by atoms with Crippen molar-refractivity contribution in [3.63, 3.8) is 0 Å². The third-order valence-electron chi connectivity index (χ3n) is 4.75. The summed E-state index contributed by atoms with van der Waals surface area (Å²) in [4.78, 5) is 70.3. The summed E-state index contributed by atoms with van der Waals surface area (Å²) in [5.41, 5.74) is 6.44. The van der Waals surface area contributed by atoms with Gasteiger partial charge in [-0.05, 0) is 37.5 Å². The van der Waals surface area contributed by atoms with Crippen LogP contribution in [-0.2, 0) is 35.2 Å². The molecule has 1 rings (SSSR count). The summed E-state index contributed by atoms with van der Waals surface area (Å²) in [6, 6.07) is 0.236. The van der Waals surface area contributed by atoms with E-state index in [-0.39, 0.29) is 12.2 Å². The fourth-order valence-electron chi connectivity index (χ4n) is 2.84. The SMILES string of the molecule is CC(NC(=O)C(CC(=O)O)NC(=O)C(N)Cc1ccc(O)cc1)C(=O)NC(CCC(=O)O)C(=O)O. The minimum absolute atomic E-state index is 0.0136. The zero-order valence-electron chi connectivity index (χ0n) is 18.8. The Labute approximate surface area is 199 Å². The van der Waals surface area contributed by atoms with Crippen molar-refractivity contribution in [2.24, 2.45) is 5.73 Å². The molecular formula is C21H28N4O10. The van der Waals surface area contributed by atoms with Gasteiger partial charge < -0.3 is 42.1 Å². The maximum atomic E-state index is 12.6. The minimum atomic E-state index is -1.59. The number of phenolic OH excluding ortho intramolecular Hbond substituents is 1. The van der Waals surface area contributed by atoms with E-state index in [4.69, 9.17) is 21.1 Å². The molecule has 4 unspecified atom stereocenters. The quantitative estimate of drug-likeness (QED) is 0.142. The lowest BCUT2D eigenvalue weighted by Gasteiger charge is -2.22. The van der Waals surface area contributed by atoms with Crippen LogP contribution in [-0.4, -0.2) is 80.2 Å². The molecular weight excluding hydrogens is 468 g/mol. The van der Waals surface area contributed by atoms with Crippen LogP contribution >= 0.6 is 0 Å². The highest BCUT2D eigenvalue weighted by atomic mass is 16.4. The summed E-state index contributed by atoms with van der Waals surface area (Å²) >= 11 is 0. The number of carbonyl (C=O) groups excluding carboxylic acids is 3. The molecule has 192 valence electrons. The number of rotatable bonds is 14. The van der Waals surface area contributed by atoms with Gasteiger partial charge in [-0.1, -0.05) is 12.1 Å². The van der Waals surface area contributed by atoms with Gasteiger partial charge in [0.2, 0.25) is 17.7 Å². The van der Waals surface area contributed by atoms with Crippen molar-refractivity contribution in [3.05, 3.63) is 29.8 Å². The van der Waals surface area contributed by atoms with Gasteiger partial charge in [-0.15, -0.1) is 0 Å². The number of phenols is 1. The van der Waals surface area contributed by atoms with Gasteiger partial charge >= 0.3 is 17.9 Å². The van der Waals surface area contributed by atoms with Crippen molar-refractivity contribution < 1.29 is 49.2 Å². The number of nitrogens with one attached hydrogen (secondary N) is 3. The molecule has 0 aliphatic heterocycles. The highest BCUT2D eigenvalue weighted by molar-refractivity contribution is 5.95. The number of benzene rings is 1. The first-order valence-corrected chi connectivity index (χ1v) is 10.4. The van der Waals surface area contributed by atoms with Gasteiger partial charge in [0.25, 0.3) is 0 Å². The second-order valence-corrected chi connectivity index (χ2v) is 7.70. The van der Waals surface area contributed by atoms with E-state index in [9.17, 15) is 33.9 Å². The molecule has 3 amide bonds. The summed E-state index contributed by atoms with van der Waals surface area (Å²) in [7, 11) is 0. The Hall–Kier alpha value is -4.20. The lowest BCUT2D eigenvalue weighted by atomic mass is 10.0. The van der Waals surface area contributed by atoms with Crippen LogP contribution < -0.4 is 21.7 Å². The van der Waals surface area contributed by atoms with E-state index in [1.54, 1.807) is 0 Å². The second kappa shape index (κ2) is 13.5. The normalized spacial score (nSPS) is 14.0. The predicted octanol–water partition coefficient (Wildman–Crippen LogP) is -1.84. The molecule has 1 aromatic rings. The summed E-state index contributed by atoms with van der Waals surface area (Å²) in [6.45, 7) is 1.19. The molecule has 14 heteroatoms. The molecule has 1 aromatic carbocycles. The van der Waals surface area contributed by atoms with Crippen molar-refractivity contribution in [2.75, 3.05) is 0 Å². The Balaban J connectivity index is 2.77. The van der Waals surface area contributed by atoms with Gasteiger partial charge in [-0.3, -0.25) is 24.0 Å². The highest BCUT2D eigenvalue weighted by Gasteiger charge is 2.30.